The predicted molar refractivity (Wildman–Crippen MR) is 106 cm³/mol. The van der Waals surface area contributed by atoms with Gasteiger partial charge in [-0.1, -0.05) is 41.7 Å². The van der Waals surface area contributed by atoms with E-state index in [0.29, 0.717) is 12.1 Å². The number of carbonyl (C=O) groups is 1. The predicted octanol–water partition coefficient (Wildman–Crippen LogP) is 4.20. The highest BCUT2D eigenvalue weighted by molar-refractivity contribution is 7.22. The van der Waals surface area contributed by atoms with E-state index >= 15 is 0 Å². The van der Waals surface area contributed by atoms with Crippen LogP contribution >= 0.6 is 11.3 Å². The molecule has 1 aromatic heterocycles. The lowest BCUT2D eigenvalue weighted by molar-refractivity contribution is 0.0986. The number of rotatable bonds is 6. The Balaban J connectivity index is 1.94. The Morgan fingerprint density at radius 3 is 2.48 bits per heavy atom. The third kappa shape index (κ3) is 4.06. The summed E-state index contributed by atoms with van der Waals surface area (Å²) in [5, 5.41) is 0.775. The van der Waals surface area contributed by atoms with Crippen LogP contribution in [0.15, 0.2) is 48.5 Å². The summed E-state index contributed by atoms with van der Waals surface area (Å²) in [7, 11) is 4.09. The quantitative estimate of drug-likeness (QED) is 0.666. The average molecular weight is 353 g/mol. The van der Waals surface area contributed by atoms with Crippen LogP contribution in [-0.4, -0.2) is 43.0 Å². The Morgan fingerprint density at radius 2 is 1.80 bits per heavy atom. The molecule has 0 aliphatic rings. The fraction of sp³-hybridized carbons (Fsp3) is 0.300. The van der Waals surface area contributed by atoms with Crippen LogP contribution < -0.4 is 4.90 Å². The second kappa shape index (κ2) is 7.76. The molecule has 0 spiro atoms. The molecule has 0 saturated heterocycles. The molecular weight excluding hydrogens is 330 g/mol. The summed E-state index contributed by atoms with van der Waals surface area (Å²) in [6.45, 7) is 3.65. The van der Waals surface area contributed by atoms with Crippen molar-refractivity contribution in [1.29, 1.82) is 0 Å². The number of hydrogen-bond acceptors (Lipinski definition) is 4. The first-order chi connectivity index (χ1) is 12.1. The van der Waals surface area contributed by atoms with E-state index in [1.807, 2.05) is 55.4 Å². The molecule has 0 N–H and O–H groups in total. The molecule has 2 aromatic carbocycles. The van der Waals surface area contributed by atoms with Crippen molar-refractivity contribution in [1.82, 2.24) is 9.88 Å². The zero-order valence-corrected chi connectivity index (χ0v) is 15.7. The van der Waals surface area contributed by atoms with Gasteiger partial charge in [0, 0.05) is 12.1 Å². The van der Waals surface area contributed by atoms with Gasteiger partial charge in [-0.25, -0.2) is 4.98 Å². The van der Waals surface area contributed by atoms with Gasteiger partial charge in [-0.15, -0.1) is 0 Å². The van der Waals surface area contributed by atoms with Crippen molar-refractivity contribution < 1.29 is 4.79 Å². The minimum absolute atomic E-state index is 0.0102. The molecule has 5 heteroatoms. The second-order valence-electron chi connectivity index (χ2n) is 6.40. The molecule has 0 unspecified atom stereocenters. The fourth-order valence-corrected chi connectivity index (χ4v) is 3.82. The molecular formula is C20H23N3OS. The van der Waals surface area contributed by atoms with Crippen molar-refractivity contribution in [2.45, 2.75) is 13.3 Å². The molecule has 3 rings (SSSR count). The monoisotopic (exact) mass is 353 g/mol. The van der Waals surface area contributed by atoms with Crippen molar-refractivity contribution in [3.05, 3.63) is 59.7 Å². The molecule has 3 aromatic rings. The molecule has 0 aliphatic carbocycles. The van der Waals surface area contributed by atoms with Gasteiger partial charge >= 0.3 is 0 Å². The van der Waals surface area contributed by atoms with Gasteiger partial charge in [0.15, 0.2) is 5.13 Å². The van der Waals surface area contributed by atoms with E-state index in [9.17, 15) is 4.79 Å². The van der Waals surface area contributed by atoms with Crippen LogP contribution in [0.25, 0.3) is 10.2 Å². The molecule has 0 saturated carbocycles. The first kappa shape index (κ1) is 17.6. The van der Waals surface area contributed by atoms with Crippen LogP contribution in [0.2, 0.25) is 0 Å². The molecule has 0 radical (unpaired) electrons. The van der Waals surface area contributed by atoms with Gasteiger partial charge in [0.25, 0.3) is 5.91 Å². The first-order valence-electron chi connectivity index (χ1n) is 8.44. The van der Waals surface area contributed by atoms with E-state index in [4.69, 9.17) is 4.98 Å². The van der Waals surface area contributed by atoms with Gasteiger partial charge in [0.1, 0.15) is 0 Å². The van der Waals surface area contributed by atoms with Gasteiger partial charge in [-0.3, -0.25) is 9.69 Å². The molecule has 1 heterocycles. The number of aromatic nitrogens is 1. The van der Waals surface area contributed by atoms with Gasteiger partial charge in [0.2, 0.25) is 0 Å². The maximum absolute atomic E-state index is 13.1. The normalized spacial score (nSPS) is 11.2. The number of para-hydroxylation sites is 1. The van der Waals surface area contributed by atoms with Gasteiger partial charge < -0.3 is 4.90 Å². The summed E-state index contributed by atoms with van der Waals surface area (Å²) >= 11 is 1.58. The highest BCUT2D eigenvalue weighted by atomic mass is 32.1. The van der Waals surface area contributed by atoms with Crippen molar-refractivity contribution in [3.63, 3.8) is 0 Å². The van der Waals surface area contributed by atoms with E-state index < -0.39 is 0 Å². The topological polar surface area (TPSA) is 36.4 Å². The third-order valence-electron chi connectivity index (χ3n) is 4.09. The summed E-state index contributed by atoms with van der Waals surface area (Å²) in [4.78, 5) is 21.8. The smallest absolute Gasteiger partial charge is 0.260 e. The minimum atomic E-state index is 0.0102. The Labute approximate surface area is 152 Å². The molecule has 1 amide bonds. The summed E-state index contributed by atoms with van der Waals surface area (Å²) < 4.78 is 1.12. The lowest BCUT2D eigenvalue weighted by atomic mass is 10.2. The largest absolute Gasteiger partial charge is 0.309 e. The molecule has 25 heavy (non-hydrogen) atoms. The third-order valence-corrected chi connectivity index (χ3v) is 5.14. The van der Waals surface area contributed by atoms with Gasteiger partial charge in [-0.2, -0.15) is 0 Å². The standard InChI is InChI=1S/C20H23N3OS/c1-15-9-7-12-17-18(15)21-20(25-17)23(14-8-13-22(2)3)19(24)16-10-5-4-6-11-16/h4-7,9-12H,8,13-14H2,1-3H3. The van der Waals surface area contributed by atoms with E-state index in [1.165, 1.54) is 0 Å². The van der Waals surface area contributed by atoms with Crippen LogP contribution in [0.3, 0.4) is 0 Å². The molecule has 0 aliphatic heterocycles. The van der Waals surface area contributed by atoms with Crippen LogP contribution in [0.4, 0.5) is 5.13 Å². The SMILES string of the molecule is Cc1cccc2sc(N(CCCN(C)C)C(=O)c3ccccc3)nc12. The van der Waals surface area contributed by atoms with Crippen molar-refractivity contribution >= 4 is 32.6 Å². The highest BCUT2D eigenvalue weighted by Gasteiger charge is 2.21. The number of anilines is 1. The number of carbonyl (C=O) groups excluding carboxylic acids is 1. The summed E-state index contributed by atoms with van der Waals surface area (Å²) in [5.41, 5.74) is 2.82. The second-order valence-corrected chi connectivity index (χ2v) is 7.41. The fourth-order valence-electron chi connectivity index (χ4n) is 2.76. The van der Waals surface area contributed by atoms with Crippen molar-refractivity contribution in [2.75, 3.05) is 32.1 Å². The van der Waals surface area contributed by atoms with Gasteiger partial charge in [-0.05, 0) is 57.7 Å². The zero-order chi connectivity index (χ0) is 17.8. The van der Waals surface area contributed by atoms with Crippen LogP contribution in [0.1, 0.15) is 22.3 Å². The van der Waals surface area contributed by atoms with E-state index in [2.05, 4.69) is 24.0 Å². The minimum Gasteiger partial charge on any atom is -0.309 e. The maximum atomic E-state index is 13.1. The maximum Gasteiger partial charge on any atom is 0.260 e. The molecule has 4 nitrogen and oxygen atoms in total. The molecule has 130 valence electrons. The Hall–Kier alpha value is -2.24. The number of fused-ring (bicyclic) bond motifs is 1. The Morgan fingerprint density at radius 1 is 1.04 bits per heavy atom. The number of amides is 1. The Bertz CT molecular complexity index is 858. The summed E-state index contributed by atoms with van der Waals surface area (Å²) in [6, 6.07) is 15.6. The van der Waals surface area contributed by atoms with Crippen molar-refractivity contribution in [3.8, 4) is 0 Å². The summed E-state index contributed by atoms with van der Waals surface area (Å²) in [5.74, 6) is 0.0102. The van der Waals surface area contributed by atoms with Gasteiger partial charge in [0.05, 0.1) is 10.2 Å². The average Bonchev–Trinajstić information content (AvgIpc) is 3.04. The van der Waals surface area contributed by atoms with Crippen LogP contribution in [0, 0.1) is 6.92 Å². The number of benzene rings is 2. The van der Waals surface area contributed by atoms with E-state index in [1.54, 1.807) is 11.3 Å². The van der Waals surface area contributed by atoms with Crippen LogP contribution in [0.5, 0.6) is 0 Å². The molecule has 0 atom stereocenters. The number of nitrogens with zero attached hydrogens (tertiary/aromatic N) is 3. The van der Waals surface area contributed by atoms with E-state index in [0.717, 1.165) is 33.9 Å². The zero-order valence-electron chi connectivity index (χ0n) is 14.9. The molecule has 0 fully saturated rings. The summed E-state index contributed by atoms with van der Waals surface area (Å²) in [6.07, 6.45) is 0.903. The Kier molecular flexibility index (Phi) is 5.46. The first-order valence-corrected chi connectivity index (χ1v) is 9.25. The number of thiazole rings is 1. The number of aryl methyl sites for hydroxylation is 1. The van der Waals surface area contributed by atoms with E-state index in [-0.39, 0.29) is 5.91 Å². The lowest BCUT2D eigenvalue weighted by Gasteiger charge is -2.21. The highest BCUT2D eigenvalue weighted by Crippen LogP contribution is 2.31. The van der Waals surface area contributed by atoms with Crippen LogP contribution in [-0.2, 0) is 0 Å². The molecule has 0 bridgehead atoms. The van der Waals surface area contributed by atoms with Crippen molar-refractivity contribution in [2.24, 2.45) is 0 Å². The number of hydrogen-bond donors (Lipinski definition) is 0. The lowest BCUT2D eigenvalue weighted by Crippen LogP contribution is -2.33.